The van der Waals surface area contributed by atoms with E-state index in [4.69, 9.17) is 5.73 Å². The van der Waals surface area contributed by atoms with Gasteiger partial charge in [0.25, 0.3) is 0 Å². The number of hydrogen-bond donors (Lipinski definition) is 3. The van der Waals surface area contributed by atoms with E-state index in [0.717, 1.165) is 12.8 Å². The van der Waals surface area contributed by atoms with Gasteiger partial charge in [-0.25, -0.2) is 9.97 Å². The van der Waals surface area contributed by atoms with Crippen LogP contribution in [0.1, 0.15) is 40.5 Å². The molecule has 0 radical (unpaired) electrons. The van der Waals surface area contributed by atoms with E-state index in [-0.39, 0.29) is 0 Å². The van der Waals surface area contributed by atoms with Crippen LogP contribution < -0.4 is 16.4 Å². The van der Waals surface area contributed by atoms with Crippen LogP contribution in [0.2, 0.25) is 0 Å². The van der Waals surface area contributed by atoms with Crippen molar-refractivity contribution in [3.63, 3.8) is 0 Å². The normalized spacial score (nSPS) is 14.1. The van der Waals surface area contributed by atoms with E-state index in [1.54, 1.807) is 0 Å². The summed E-state index contributed by atoms with van der Waals surface area (Å²) in [7, 11) is 0. The maximum Gasteiger partial charge on any atom is 0.155 e. The first kappa shape index (κ1) is 13.5. The third kappa shape index (κ3) is 3.76. The minimum atomic E-state index is 0.351. The molecular formula is C12H23N5. The summed E-state index contributed by atoms with van der Waals surface area (Å²) >= 11 is 0. The second-order valence-corrected chi connectivity index (χ2v) is 4.39. The molecule has 1 rings (SSSR count). The maximum absolute atomic E-state index is 6.04. The molecule has 0 aliphatic heterocycles. The van der Waals surface area contributed by atoms with Crippen LogP contribution in [-0.2, 0) is 0 Å². The van der Waals surface area contributed by atoms with Crippen molar-refractivity contribution in [3.8, 4) is 0 Å². The van der Waals surface area contributed by atoms with Gasteiger partial charge in [-0.2, -0.15) is 0 Å². The number of nitrogens with two attached hydrogens (primary N) is 1. The van der Waals surface area contributed by atoms with Crippen LogP contribution in [0.25, 0.3) is 0 Å². The molecule has 17 heavy (non-hydrogen) atoms. The average Bonchev–Trinajstić information content (AvgIpc) is 2.33. The predicted molar refractivity (Wildman–Crippen MR) is 73.2 cm³/mol. The summed E-state index contributed by atoms with van der Waals surface area (Å²) in [5.41, 5.74) is 6.63. The molecule has 96 valence electrons. The third-order valence-electron chi connectivity index (χ3n) is 2.87. The molecule has 0 aliphatic carbocycles. The van der Waals surface area contributed by atoms with Crippen molar-refractivity contribution in [1.29, 1.82) is 0 Å². The lowest BCUT2D eigenvalue weighted by Gasteiger charge is -2.18. The Kier molecular flexibility index (Phi) is 5.00. The molecular weight excluding hydrogens is 214 g/mol. The highest BCUT2D eigenvalue weighted by Crippen LogP contribution is 2.24. The maximum atomic E-state index is 6.04. The first-order chi connectivity index (χ1) is 8.08. The van der Waals surface area contributed by atoms with Gasteiger partial charge >= 0.3 is 0 Å². The summed E-state index contributed by atoms with van der Waals surface area (Å²) in [5, 5.41) is 6.55. The SMILES string of the molecule is CCC(C)Nc1ncnc(NC(C)CC)c1N. The quantitative estimate of drug-likeness (QED) is 0.708. The van der Waals surface area contributed by atoms with E-state index in [0.29, 0.717) is 29.4 Å². The van der Waals surface area contributed by atoms with Crippen LogP contribution in [0.3, 0.4) is 0 Å². The highest BCUT2D eigenvalue weighted by molar-refractivity contribution is 5.74. The number of hydrogen-bond acceptors (Lipinski definition) is 5. The van der Waals surface area contributed by atoms with Crippen molar-refractivity contribution in [1.82, 2.24) is 9.97 Å². The van der Waals surface area contributed by atoms with Crippen molar-refractivity contribution in [2.24, 2.45) is 0 Å². The second kappa shape index (κ2) is 6.27. The Bertz CT molecular complexity index is 322. The van der Waals surface area contributed by atoms with Gasteiger partial charge in [-0.1, -0.05) is 13.8 Å². The molecule has 1 aromatic rings. The molecule has 0 saturated heterocycles. The Labute approximate surface area is 103 Å². The molecule has 0 aliphatic rings. The Morgan fingerprint density at radius 1 is 1.06 bits per heavy atom. The highest BCUT2D eigenvalue weighted by Gasteiger charge is 2.10. The van der Waals surface area contributed by atoms with E-state index in [1.165, 1.54) is 6.33 Å². The molecule has 2 atom stereocenters. The molecule has 1 heterocycles. The highest BCUT2D eigenvalue weighted by atomic mass is 15.1. The molecule has 5 nitrogen and oxygen atoms in total. The van der Waals surface area contributed by atoms with Crippen LogP contribution in [0.4, 0.5) is 17.3 Å². The lowest BCUT2D eigenvalue weighted by atomic mass is 10.2. The summed E-state index contributed by atoms with van der Waals surface area (Å²) in [6, 6.07) is 0.701. The summed E-state index contributed by atoms with van der Waals surface area (Å²) in [4.78, 5) is 8.35. The van der Waals surface area contributed by atoms with Gasteiger partial charge in [0.05, 0.1) is 0 Å². The minimum Gasteiger partial charge on any atom is -0.393 e. The number of nitrogens with zero attached hydrogens (tertiary/aromatic N) is 2. The Morgan fingerprint density at radius 2 is 1.47 bits per heavy atom. The van der Waals surface area contributed by atoms with Crippen LogP contribution in [-0.4, -0.2) is 22.1 Å². The number of anilines is 3. The predicted octanol–water partition coefficient (Wildman–Crippen LogP) is 2.48. The van der Waals surface area contributed by atoms with Crippen LogP contribution in [0.15, 0.2) is 6.33 Å². The standard InChI is InChI=1S/C12H23N5/c1-5-8(3)16-11-10(13)12(15-7-14-11)17-9(4)6-2/h7-9H,5-6,13H2,1-4H3,(H2,14,15,16,17). The zero-order valence-corrected chi connectivity index (χ0v) is 11.1. The molecule has 0 amide bonds. The van der Waals surface area contributed by atoms with Crippen molar-refractivity contribution in [2.45, 2.75) is 52.6 Å². The summed E-state index contributed by atoms with van der Waals surface area (Å²) in [6.07, 6.45) is 3.58. The lowest BCUT2D eigenvalue weighted by Crippen LogP contribution is -2.19. The molecule has 0 fully saturated rings. The Morgan fingerprint density at radius 3 is 1.82 bits per heavy atom. The first-order valence-electron chi connectivity index (χ1n) is 6.22. The molecule has 5 heteroatoms. The van der Waals surface area contributed by atoms with E-state index in [9.17, 15) is 0 Å². The summed E-state index contributed by atoms with van der Waals surface area (Å²) in [6.45, 7) is 8.44. The van der Waals surface area contributed by atoms with Gasteiger partial charge in [-0.15, -0.1) is 0 Å². The Hall–Kier alpha value is -1.52. The number of rotatable bonds is 6. The average molecular weight is 237 g/mol. The van der Waals surface area contributed by atoms with Gasteiger partial charge < -0.3 is 16.4 Å². The van der Waals surface area contributed by atoms with Gasteiger partial charge in [0.2, 0.25) is 0 Å². The van der Waals surface area contributed by atoms with Crippen LogP contribution >= 0.6 is 0 Å². The van der Waals surface area contributed by atoms with E-state index in [1.807, 2.05) is 0 Å². The molecule has 2 unspecified atom stereocenters. The smallest absolute Gasteiger partial charge is 0.155 e. The second-order valence-electron chi connectivity index (χ2n) is 4.39. The number of nitrogens with one attached hydrogen (secondary N) is 2. The molecule has 0 aromatic carbocycles. The van der Waals surface area contributed by atoms with Crippen molar-refractivity contribution < 1.29 is 0 Å². The van der Waals surface area contributed by atoms with E-state index in [2.05, 4.69) is 48.3 Å². The molecule has 1 aromatic heterocycles. The summed E-state index contributed by atoms with van der Waals surface area (Å²) in [5.74, 6) is 1.42. The number of aromatic nitrogens is 2. The van der Waals surface area contributed by atoms with Crippen molar-refractivity contribution in [2.75, 3.05) is 16.4 Å². The fraction of sp³-hybridized carbons (Fsp3) is 0.667. The lowest BCUT2D eigenvalue weighted by molar-refractivity contribution is 0.752. The largest absolute Gasteiger partial charge is 0.393 e. The van der Waals surface area contributed by atoms with Crippen molar-refractivity contribution >= 4 is 17.3 Å². The molecule has 0 saturated carbocycles. The fourth-order valence-electron chi connectivity index (χ4n) is 1.30. The topological polar surface area (TPSA) is 75.9 Å². The van der Waals surface area contributed by atoms with E-state index >= 15 is 0 Å². The van der Waals surface area contributed by atoms with Gasteiger partial charge in [0.1, 0.15) is 12.0 Å². The van der Waals surface area contributed by atoms with Gasteiger partial charge in [0.15, 0.2) is 11.6 Å². The van der Waals surface area contributed by atoms with Gasteiger partial charge in [-0.05, 0) is 26.7 Å². The van der Waals surface area contributed by atoms with Gasteiger partial charge in [-0.3, -0.25) is 0 Å². The fourth-order valence-corrected chi connectivity index (χ4v) is 1.30. The van der Waals surface area contributed by atoms with Crippen molar-refractivity contribution in [3.05, 3.63) is 6.33 Å². The van der Waals surface area contributed by atoms with Gasteiger partial charge in [0, 0.05) is 12.1 Å². The third-order valence-corrected chi connectivity index (χ3v) is 2.87. The number of nitrogen functional groups attached to an aromatic ring is 1. The molecule has 0 spiro atoms. The molecule has 0 bridgehead atoms. The minimum absolute atomic E-state index is 0.351. The van der Waals surface area contributed by atoms with Crippen LogP contribution in [0, 0.1) is 0 Å². The zero-order chi connectivity index (χ0) is 12.8. The first-order valence-corrected chi connectivity index (χ1v) is 6.22. The monoisotopic (exact) mass is 237 g/mol. The molecule has 4 N–H and O–H groups in total. The van der Waals surface area contributed by atoms with Crippen LogP contribution in [0.5, 0.6) is 0 Å². The summed E-state index contributed by atoms with van der Waals surface area (Å²) < 4.78 is 0. The van der Waals surface area contributed by atoms with E-state index < -0.39 is 0 Å². The Balaban J connectivity index is 2.83. The zero-order valence-electron chi connectivity index (χ0n) is 11.1.